The fourth-order valence-electron chi connectivity index (χ4n) is 1.90. The van der Waals surface area contributed by atoms with E-state index in [0.717, 1.165) is 11.8 Å². The van der Waals surface area contributed by atoms with Crippen LogP contribution in [0, 0.1) is 6.92 Å². The molecule has 18 heavy (non-hydrogen) atoms. The van der Waals surface area contributed by atoms with E-state index in [2.05, 4.69) is 9.97 Å². The molecule has 0 N–H and O–H groups in total. The van der Waals surface area contributed by atoms with Gasteiger partial charge in [-0.25, -0.2) is 9.97 Å². The monoisotopic (exact) mass is 242 g/mol. The van der Waals surface area contributed by atoms with Gasteiger partial charge in [-0.2, -0.15) is 0 Å². The Balaban J connectivity index is 2.15. The zero-order chi connectivity index (χ0) is 12.5. The Hall–Kier alpha value is -2.43. The molecule has 0 aliphatic carbocycles. The van der Waals surface area contributed by atoms with E-state index < -0.39 is 0 Å². The molecule has 1 aromatic heterocycles. The minimum Gasteiger partial charge on any atom is -0.454 e. The molecule has 1 aromatic carbocycles. The number of aromatic nitrogens is 2. The second-order valence-corrected chi connectivity index (χ2v) is 3.91. The Morgan fingerprint density at radius 3 is 2.89 bits per heavy atom. The molecule has 1 aliphatic rings. The van der Waals surface area contributed by atoms with Gasteiger partial charge < -0.3 is 9.47 Å². The van der Waals surface area contributed by atoms with Crippen LogP contribution in [0.1, 0.15) is 16.1 Å². The van der Waals surface area contributed by atoms with Crippen molar-refractivity contribution in [2.75, 3.05) is 6.79 Å². The molecule has 5 nitrogen and oxygen atoms in total. The van der Waals surface area contributed by atoms with Gasteiger partial charge in [-0.1, -0.05) is 0 Å². The quantitative estimate of drug-likeness (QED) is 0.754. The summed E-state index contributed by atoms with van der Waals surface area (Å²) in [6.07, 6.45) is 2.22. The minimum absolute atomic E-state index is 0.224. The zero-order valence-electron chi connectivity index (χ0n) is 9.71. The summed E-state index contributed by atoms with van der Waals surface area (Å²) in [7, 11) is 0. The van der Waals surface area contributed by atoms with Crippen molar-refractivity contribution in [2.24, 2.45) is 0 Å². The van der Waals surface area contributed by atoms with E-state index in [1.54, 1.807) is 6.92 Å². The van der Waals surface area contributed by atoms with Gasteiger partial charge in [0.15, 0.2) is 17.8 Å². The summed E-state index contributed by atoms with van der Waals surface area (Å²) < 4.78 is 10.6. The van der Waals surface area contributed by atoms with Crippen molar-refractivity contribution in [2.45, 2.75) is 6.92 Å². The molecule has 0 bridgehead atoms. The molecule has 0 fully saturated rings. The second-order valence-electron chi connectivity index (χ2n) is 3.91. The number of carbonyl (C=O) groups is 1. The summed E-state index contributed by atoms with van der Waals surface area (Å²) >= 11 is 0. The van der Waals surface area contributed by atoms with E-state index in [1.165, 1.54) is 6.33 Å². The van der Waals surface area contributed by atoms with Crippen molar-refractivity contribution in [3.8, 4) is 22.8 Å². The molecule has 0 atom stereocenters. The molecule has 0 unspecified atom stereocenters. The Morgan fingerprint density at radius 1 is 1.22 bits per heavy atom. The SMILES string of the molecule is Cc1ncnc(-c2ccc3c(c2)OCO3)c1C=O. The van der Waals surface area contributed by atoms with E-state index in [4.69, 9.17) is 9.47 Å². The molecule has 0 radical (unpaired) electrons. The Morgan fingerprint density at radius 2 is 2.06 bits per heavy atom. The van der Waals surface area contributed by atoms with Crippen LogP contribution in [0.15, 0.2) is 24.5 Å². The van der Waals surface area contributed by atoms with Gasteiger partial charge in [0.2, 0.25) is 6.79 Å². The van der Waals surface area contributed by atoms with Gasteiger partial charge in [0.05, 0.1) is 17.0 Å². The summed E-state index contributed by atoms with van der Waals surface area (Å²) in [6, 6.07) is 5.48. The maximum atomic E-state index is 11.1. The van der Waals surface area contributed by atoms with E-state index in [1.807, 2.05) is 18.2 Å². The lowest BCUT2D eigenvalue weighted by molar-refractivity contribution is 0.112. The highest BCUT2D eigenvalue weighted by Gasteiger charge is 2.16. The van der Waals surface area contributed by atoms with Crippen molar-refractivity contribution in [1.29, 1.82) is 0 Å². The lowest BCUT2D eigenvalue weighted by atomic mass is 10.1. The Labute approximate surface area is 103 Å². The van der Waals surface area contributed by atoms with Crippen LogP contribution >= 0.6 is 0 Å². The zero-order valence-corrected chi connectivity index (χ0v) is 9.71. The first-order valence-corrected chi connectivity index (χ1v) is 5.46. The van der Waals surface area contributed by atoms with Crippen molar-refractivity contribution < 1.29 is 14.3 Å². The number of hydrogen-bond acceptors (Lipinski definition) is 5. The molecular formula is C13H10N2O3. The van der Waals surface area contributed by atoms with E-state index >= 15 is 0 Å². The molecule has 3 rings (SSSR count). The van der Waals surface area contributed by atoms with Crippen LogP contribution in [0.4, 0.5) is 0 Å². The summed E-state index contributed by atoms with van der Waals surface area (Å²) in [6.45, 7) is 2.00. The molecule has 1 aliphatic heterocycles. The lowest BCUT2D eigenvalue weighted by Gasteiger charge is -2.06. The van der Waals surface area contributed by atoms with Gasteiger partial charge in [0.1, 0.15) is 6.33 Å². The maximum absolute atomic E-state index is 11.1. The van der Waals surface area contributed by atoms with Crippen LogP contribution in [-0.2, 0) is 0 Å². The predicted molar refractivity (Wildman–Crippen MR) is 63.7 cm³/mol. The van der Waals surface area contributed by atoms with Crippen LogP contribution in [-0.4, -0.2) is 23.0 Å². The van der Waals surface area contributed by atoms with Gasteiger partial charge in [-0.15, -0.1) is 0 Å². The average Bonchev–Trinajstić information content (AvgIpc) is 2.85. The first kappa shape index (κ1) is 10.7. The number of ether oxygens (including phenoxy) is 2. The van der Waals surface area contributed by atoms with Crippen LogP contribution in [0.3, 0.4) is 0 Å². The highest BCUT2D eigenvalue weighted by atomic mass is 16.7. The van der Waals surface area contributed by atoms with Crippen LogP contribution < -0.4 is 9.47 Å². The maximum Gasteiger partial charge on any atom is 0.231 e. The standard InChI is InChI=1S/C13H10N2O3/c1-8-10(5-16)13(15-6-14-8)9-2-3-11-12(4-9)18-7-17-11/h2-6H,7H2,1H3. The summed E-state index contributed by atoms with van der Waals surface area (Å²) in [5, 5.41) is 0. The van der Waals surface area contributed by atoms with Gasteiger partial charge >= 0.3 is 0 Å². The third-order valence-electron chi connectivity index (χ3n) is 2.85. The summed E-state index contributed by atoms with van der Waals surface area (Å²) in [5.74, 6) is 1.37. The van der Waals surface area contributed by atoms with Crippen LogP contribution in [0.5, 0.6) is 11.5 Å². The highest BCUT2D eigenvalue weighted by Crippen LogP contribution is 2.36. The fourth-order valence-corrected chi connectivity index (χ4v) is 1.90. The van der Waals surface area contributed by atoms with Gasteiger partial charge in [0, 0.05) is 5.56 Å². The van der Waals surface area contributed by atoms with Gasteiger partial charge in [0.25, 0.3) is 0 Å². The summed E-state index contributed by atoms with van der Waals surface area (Å²) in [4.78, 5) is 19.3. The van der Waals surface area contributed by atoms with Gasteiger partial charge in [-0.3, -0.25) is 4.79 Å². The fraction of sp³-hybridized carbons (Fsp3) is 0.154. The minimum atomic E-state index is 0.224. The third kappa shape index (κ3) is 1.60. The van der Waals surface area contributed by atoms with E-state index in [0.29, 0.717) is 28.5 Å². The van der Waals surface area contributed by atoms with Crippen molar-refractivity contribution in [3.05, 3.63) is 35.8 Å². The molecule has 0 amide bonds. The number of carbonyl (C=O) groups excluding carboxylic acids is 1. The van der Waals surface area contributed by atoms with Gasteiger partial charge in [-0.05, 0) is 25.1 Å². The smallest absolute Gasteiger partial charge is 0.231 e. The number of rotatable bonds is 2. The highest BCUT2D eigenvalue weighted by molar-refractivity contribution is 5.87. The van der Waals surface area contributed by atoms with Crippen molar-refractivity contribution >= 4 is 6.29 Å². The predicted octanol–water partition coefficient (Wildman–Crippen LogP) is 1.99. The molecule has 0 spiro atoms. The number of benzene rings is 1. The van der Waals surface area contributed by atoms with Crippen molar-refractivity contribution in [3.63, 3.8) is 0 Å². The van der Waals surface area contributed by atoms with Crippen LogP contribution in [0.25, 0.3) is 11.3 Å². The Bertz CT molecular complexity index is 626. The topological polar surface area (TPSA) is 61.3 Å². The normalized spacial score (nSPS) is 12.5. The number of fused-ring (bicyclic) bond motifs is 1. The number of nitrogens with zero attached hydrogens (tertiary/aromatic N) is 2. The molecule has 2 heterocycles. The largest absolute Gasteiger partial charge is 0.454 e. The first-order chi connectivity index (χ1) is 8.79. The first-order valence-electron chi connectivity index (χ1n) is 5.46. The van der Waals surface area contributed by atoms with Crippen LogP contribution in [0.2, 0.25) is 0 Å². The number of aryl methyl sites for hydroxylation is 1. The number of hydrogen-bond donors (Lipinski definition) is 0. The average molecular weight is 242 g/mol. The third-order valence-corrected chi connectivity index (χ3v) is 2.85. The molecule has 0 saturated carbocycles. The second kappa shape index (κ2) is 4.10. The Kier molecular flexibility index (Phi) is 2.44. The number of aldehydes is 1. The van der Waals surface area contributed by atoms with E-state index in [9.17, 15) is 4.79 Å². The summed E-state index contributed by atoms with van der Waals surface area (Å²) in [5.41, 5.74) is 2.58. The van der Waals surface area contributed by atoms with Crippen molar-refractivity contribution in [1.82, 2.24) is 9.97 Å². The molecule has 2 aromatic rings. The van der Waals surface area contributed by atoms with E-state index in [-0.39, 0.29) is 6.79 Å². The molecular weight excluding hydrogens is 232 g/mol. The molecule has 90 valence electrons. The lowest BCUT2D eigenvalue weighted by Crippen LogP contribution is -1.98. The molecule has 0 saturated heterocycles. The molecule has 5 heteroatoms.